The van der Waals surface area contributed by atoms with E-state index >= 15 is 0 Å². The molecule has 0 saturated heterocycles. The van der Waals surface area contributed by atoms with Gasteiger partial charge in [-0.1, -0.05) is 18.5 Å². The molecule has 2 aromatic heterocycles. The maximum absolute atomic E-state index is 12.8. The van der Waals surface area contributed by atoms with Crippen molar-refractivity contribution in [3.8, 4) is 5.95 Å². The Balaban J connectivity index is 1.81. The molecule has 9 heteroatoms. The largest absolute Gasteiger partial charge is 0.326 e. The van der Waals surface area contributed by atoms with Crippen molar-refractivity contribution in [2.75, 3.05) is 10.6 Å². The lowest BCUT2D eigenvalue weighted by molar-refractivity contribution is -0.116. The van der Waals surface area contributed by atoms with Crippen molar-refractivity contribution < 1.29 is 9.59 Å². The molecule has 2 heterocycles. The third kappa shape index (κ3) is 5.27. The van der Waals surface area contributed by atoms with Crippen molar-refractivity contribution in [1.82, 2.24) is 19.7 Å². The fraction of sp³-hybridized carbons (Fsp3) is 0.318. The van der Waals surface area contributed by atoms with E-state index in [-0.39, 0.29) is 18.2 Å². The van der Waals surface area contributed by atoms with Crippen LogP contribution < -0.4 is 10.6 Å². The monoisotopic (exact) mass is 440 g/mol. The molecule has 0 fully saturated rings. The Morgan fingerprint density at radius 3 is 2.32 bits per heavy atom. The minimum Gasteiger partial charge on any atom is -0.326 e. The zero-order valence-corrected chi connectivity index (χ0v) is 19.0. The molecule has 3 rings (SSSR count). The molecule has 0 bridgehead atoms. The molecule has 0 unspecified atom stereocenters. The van der Waals surface area contributed by atoms with Gasteiger partial charge in [0, 0.05) is 34.8 Å². The van der Waals surface area contributed by atoms with E-state index in [0.717, 1.165) is 28.3 Å². The fourth-order valence-electron chi connectivity index (χ4n) is 3.23. The van der Waals surface area contributed by atoms with E-state index in [1.165, 1.54) is 0 Å². The fourth-order valence-corrected chi connectivity index (χ4v) is 3.40. The van der Waals surface area contributed by atoms with Gasteiger partial charge in [-0.2, -0.15) is 5.10 Å². The molecule has 3 aromatic rings. The molecule has 1 aromatic carbocycles. The highest BCUT2D eigenvalue weighted by Gasteiger charge is 2.18. The van der Waals surface area contributed by atoms with Crippen LogP contribution in [0.5, 0.6) is 0 Å². The van der Waals surface area contributed by atoms with E-state index in [4.69, 9.17) is 11.6 Å². The number of nitrogens with one attached hydrogen (secondary N) is 2. The van der Waals surface area contributed by atoms with E-state index in [0.29, 0.717) is 28.8 Å². The van der Waals surface area contributed by atoms with Gasteiger partial charge in [-0.3, -0.25) is 9.59 Å². The summed E-state index contributed by atoms with van der Waals surface area (Å²) in [6, 6.07) is 6.85. The zero-order chi connectivity index (χ0) is 22.7. The van der Waals surface area contributed by atoms with Crippen LogP contribution in [0.4, 0.5) is 11.4 Å². The third-order valence-corrected chi connectivity index (χ3v) is 5.11. The number of carbonyl (C=O) groups excluding carboxylic acids is 2. The molecule has 0 aliphatic rings. The van der Waals surface area contributed by atoms with Crippen molar-refractivity contribution in [1.29, 1.82) is 0 Å². The molecular weight excluding hydrogens is 416 g/mol. The highest BCUT2D eigenvalue weighted by atomic mass is 35.5. The Morgan fingerprint density at radius 1 is 1.00 bits per heavy atom. The number of aryl methyl sites for hydroxylation is 3. The average molecular weight is 441 g/mol. The topological polar surface area (TPSA) is 102 Å². The van der Waals surface area contributed by atoms with Crippen LogP contribution >= 0.6 is 11.6 Å². The number of benzene rings is 1. The highest BCUT2D eigenvalue weighted by Crippen LogP contribution is 2.26. The van der Waals surface area contributed by atoms with E-state index in [9.17, 15) is 9.59 Å². The van der Waals surface area contributed by atoms with Crippen LogP contribution in [0, 0.1) is 27.7 Å². The second-order valence-electron chi connectivity index (χ2n) is 7.33. The summed E-state index contributed by atoms with van der Waals surface area (Å²) in [7, 11) is 0. The lowest BCUT2D eigenvalue weighted by Crippen LogP contribution is -2.16. The van der Waals surface area contributed by atoms with Crippen molar-refractivity contribution in [3.63, 3.8) is 0 Å². The number of hydrogen-bond donors (Lipinski definition) is 2. The lowest BCUT2D eigenvalue weighted by Gasteiger charge is -2.11. The summed E-state index contributed by atoms with van der Waals surface area (Å²) in [6.07, 6.45) is 0.474. The number of anilines is 2. The van der Waals surface area contributed by atoms with Gasteiger partial charge in [-0.15, -0.1) is 0 Å². The summed E-state index contributed by atoms with van der Waals surface area (Å²) >= 11 is 6.23. The summed E-state index contributed by atoms with van der Waals surface area (Å²) < 4.78 is 1.66. The Hall–Kier alpha value is -3.26. The van der Waals surface area contributed by atoms with Crippen LogP contribution in [0.3, 0.4) is 0 Å². The van der Waals surface area contributed by atoms with Gasteiger partial charge in [0.2, 0.25) is 11.8 Å². The van der Waals surface area contributed by atoms with Gasteiger partial charge in [0.15, 0.2) is 0 Å². The normalized spacial score (nSPS) is 10.8. The number of hydrogen-bond acceptors (Lipinski definition) is 5. The van der Waals surface area contributed by atoms with E-state index in [1.807, 2.05) is 33.8 Å². The predicted molar refractivity (Wildman–Crippen MR) is 121 cm³/mol. The molecule has 0 saturated carbocycles. The van der Waals surface area contributed by atoms with Gasteiger partial charge < -0.3 is 10.6 Å². The number of halogens is 1. The van der Waals surface area contributed by atoms with Gasteiger partial charge in [0.05, 0.1) is 22.8 Å². The maximum atomic E-state index is 12.8. The second kappa shape index (κ2) is 9.26. The minimum absolute atomic E-state index is 0.115. The molecule has 2 N–H and O–H groups in total. The first-order valence-electron chi connectivity index (χ1n) is 9.95. The maximum Gasteiger partial charge on any atom is 0.251 e. The molecule has 0 spiro atoms. The summed E-state index contributed by atoms with van der Waals surface area (Å²) in [4.78, 5) is 33.3. The summed E-state index contributed by atoms with van der Waals surface area (Å²) in [5.74, 6) is 0.118. The van der Waals surface area contributed by atoms with Gasteiger partial charge in [0.1, 0.15) is 0 Å². The standard InChI is InChI=1S/C22H25ClN6O2/c1-6-20(30)26-16-7-8-18(23)19(10-16)27-21(31)11-17-14(4)28-29(15(17)5)22-24-12(2)9-13(3)25-22/h7-10H,6,11H2,1-5H3,(H,26,30)(H,27,31). The summed E-state index contributed by atoms with van der Waals surface area (Å²) in [5.41, 5.74) is 5.02. The highest BCUT2D eigenvalue weighted by molar-refractivity contribution is 6.33. The number of carbonyl (C=O) groups is 2. The van der Waals surface area contributed by atoms with Crippen LogP contribution in [0.15, 0.2) is 24.3 Å². The first kappa shape index (κ1) is 22.4. The van der Waals surface area contributed by atoms with E-state index in [1.54, 1.807) is 29.8 Å². The van der Waals surface area contributed by atoms with E-state index < -0.39 is 0 Å². The number of amides is 2. The molecule has 2 amide bonds. The average Bonchev–Trinajstić information content (AvgIpc) is 2.98. The summed E-state index contributed by atoms with van der Waals surface area (Å²) in [6.45, 7) is 9.31. The van der Waals surface area contributed by atoms with Crippen LogP contribution in [0.1, 0.15) is 41.7 Å². The zero-order valence-electron chi connectivity index (χ0n) is 18.2. The van der Waals surface area contributed by atoms with E-state index in [2.05, 4.69) is 25.7 Å². The molecular formula is C22H25ClN6O2. The van der Waals surface area contributed by atoms with Gasteiger partial charge in [0.25, 0.3) is 5.95 Å². The van der Waals surface area contributed by atoms with Crippen molar-refractivity contribution in [2.45, 2.75) is 47.5 Å². The molecule has 0 radical (unpaired) electrons. The Kier molecular flexibility index (Phi) is 6.70. The minimum atomic E-state index is -0.243. The first-order chi connectivity index (χ1) is 14.7. The quantitative estimate of drug-likeness (QED) is 0.601. The van der Waals surface area contributed by atoms with Gasteiger partial charge >= 0.3 is 0 Å². The molecule has 162 valence electrons. The number of aromatic nitrogens is 4. The first-order valence-corrected chi connectivity index (χ1v) is 10.3. The van der Waals surface area contributed by atoms with Gasteiger partial charge in [-0.25, -0.2) is 14.6 Å². The SMILES string of the molecule is CCC(=O)Nc1ccc(Cl)c(NC(=O)Cc2c(C)nn(-c3nc(C)cc(C)n3)c2C)c1. The molecule has 0 aliphatic heterocycles. The molecule has 31 heavy (non-hydrogen) atoms. The van der Waals surface area contributed by atoms with Crippen molar-refractivity contribution >= 4 is 34.8 Å². The van der Waals surface area contributed by atoms with Crippen LogP contribution in [-0.2, 0) is 16.0 Å². The summed E-state index contributed by atoms with van der Waals surface area (Å²) in [5, 5.41) is 10.5. The molecule has 0 atom stereocenters. The van der Waals surface area contributed by atoms with Crippen LogP contribution in [0.2, 0.25) is 5.02 Å². The second-order valence-corrected chi connectivity index (χ2v) is 7.74. The molecule has 0 aliphatic carbocycles. The number of nitrogens with zero attached hydrogens (tertiary/aromatic N) is 4. The Morgan fingerprint density at radius 2 is 1.68 bits per heavy atom. The smallest absolute Gasteiger partial charge is 0.251 e. The van der Waals surface area contributed by atoms with Gasteiger partial charge in [-0.05, 0) is 52.0 Å². The predicted octanol–water partition coefficient (Wildman–Crippen LogP) is 4.08. The van der Waals surface area contributed by atoms with Crippen molar-refractivity contribution in [3.05, 3.63) is 57.6 Å². The molecule has 8 nitrogen and oxygen atoms in total. The van der Waals surface area contributed by atoms with Crippen LogP contribution in [-0.4, -0.2) is 31.6 Å². The number of rotatable bonds is 6. The lowest BCUT2D eigenvalue weighted by atomic mass is 10.1. The Bertz CT molecular complexity index is 1130. The van der Waals surface area contributed by atoms with Crippen LogP contribution in [0.25, 0.3) is 5.95 Å². The Labute approximate surface area is 186 Å². The third-order valence-electron chi connectivity index (χ3n) is 4.78. The van der Waals surface area contributed by atoms with Crippen molar-refractivity contribution in [2.24, 2.45) is 0 Å².